The van der Waals surface area contributed by atoms with Crippen LogP contribution in [0.1, 0.15) is 24.1 Å². The highest BCUT2D eigenvalue weighted by Crippen LogP contribution is 2.38. The number of halogens is 1. The molecule has 0 saturated carbocycles. The van der Waals surface area contributed by atoms with Crippen molar-refractivity contribution in [3.63, 3.8) is 0 Å². The Labute approximate surface area is 158 Å². The van der Waals surface area contributed by atoms with Crippen LogP contribution in [0.3, 0.4) is 0 Å². The number of piperidine rings is 1. The number of ether oxygens (including phenoxy) is 2. The van der Waals surface area contributed by atoms with Gasteiger partial charge in [0.15, 0.2) is 0 Å². The number of esters is 1. The Morgan fingerprint density at radius 1 is 1.31 bits per heavy atom. The molecule has 2 heterocycles. The van der Waals surface area contributed by atoms with Crippen molar-refractivity contribution in [3.05, 3.63) is 46.7 Å². The fourth-order valence-corrected chi connectivity index (χ4v) is 3.47. The molecule has 1 fully saturated rings. The second-order valence-corrected chi connectivity index (χ2v) is 6.85. The van der Waals surface area contributed by atoms with Gasteiger partial charge < -0.3 is 14.8 Å². The number of pyridine rings is 1. The van der Waals surface area contributed by atoms with Crippen molar-refractivity contribution in [3.8, 4) is 16.9 Å². The lowest BCUT2D eigenvalue weighted by Crippen LogP contribution is -2.34. The van der Waals surface area contributed by atoms with E-state index in [9.17, 15) is 4.79 Å². The number of nitrogens with zero attached hydrogens (tertiary/aromatic N) is 1. The summed E-state index contributed by atoms with van der Waals surface area (Å²) in [6.45, 7) is 3.89. The fraction of sp³-hybridized carbons (Fsp3) is 0.400. The van der Waals surface area contributed by atoms with E-state index < -0.39 is 0 Å². The second-order valence-electron chi connectivity index (χ2n) is 6.42. The van der Waals surface area contributed by atoms with Crippen LogP contribution in [0.25, 0.3) is 11.1 Å². The van der Waals surface area contributed by atoms with E-state index in [1.165, 1.54) is 7.11 Å². The van der Waals surface area contributed by atoms with Crippen molar-refractivity contribution in [2.75, 3.05) is 20.2 Å². The predicted octanol–water partition coefficient (Wildman–Crippen LogP) is 3.56. The van der Waals surface area contributed by atoms with E-state index in [2.05, 4.69) is 10.3 Å². The maximum absolute atomic E-state index is 11.8. The zero-order valence-electron chi connectivity index (χ0n) is 15.0. The minimum Gasteiger partial charge on any atom is -0.489 e. The Kier molecular flexibility index (Phi) is 6.12. The number of benzene rings is 1. The van der Waals surface area contributed by atoms with Gasteiger partial charge in [-0.25, -0.2) is 0 Å². The van der Waals surface area contributed by atoms with Crippen LogP contribution >= 0.6 is 11.6 Å². The van der Waals surface area contributed by atoms with E-state index in [-0.39, 0.29) is 18.5 Å². The molecule has 1 aliphatic heterocycles. The van der Waals surface area contributed by atoms with Crippen molar-refractivity contribution in [1.29, 1.82) is 0 Å². The van der Waals surface area contributed by atoms with Gasteiger partial charge in [-0.1, -0.05) is 17.7 Å². The van der Waals surface area contributed by atoms with Gasteiger partial charge in [-0.3, -0.25) is 9.78 Å². The van der Waals surface area contributed by atoms with Crippen LogP contribution in [0.2, 0.25) is 5.02 Å². The van der Waals surface area contributed by atoms with Crippen LogP contribution < -0.4 is 10.1 Å². The largest absolute Gasteiger partial charge is 0.489 e. The Morgan fingerprint density at radius 3 is 2.81 bits per heavy atom. The Hall–Kier alpha value is -2.11. The number of hydrogen-bond acceptors (Lipinski definition) is 5. The first-order valence-corrected chi connectivity index (χ1v) is 9.15. The molecule has 1 N–H and O–H groups in total. The van der Waals surface area contributed by atoms with Crippen LogP contribution in [0.4, 0.5) is 0 Å². The van der Waals surface area contributed by atoms with E-state index in [1.807, 2.05) is 31.2 Å². The van der Waals surface area contributed by atoms with Crippen LogP contribution in [0.5, 0.6) is 5.75 Å². The molecule has 3 rings (SSSR count). The monoisotopic (exact) mass is 374 g/mol. The van der Waals surface area contributed by atoms with Crippen molar-refractivity contribution in [2.24, 2.45) is 0 Å². The van der Waals surface area contributed by atoms with Crippen molar-refractivity contribution in [2.45, 2.75) is 32.3 Å². The molecule has 1 aromatic carbocycles. The van der Waals surface area contributed by atoms with Gasteiger partial charge in [0.05, 0.1) is 19.2 Å². The van der Waals surface area contributed by atoms with E-state index in [1.54, 1.807) is 6.20 Å². The molecule has 1 saturated heterocycles. The summed E-state index contributed by atoms with van der Waals surface area (Å²) in [5.41, 5.74) is 3.32. The summed E-state index contributed by atoms with van der Waals surface area (Å²) in [6.07, 6.45) is 3.86. The van der Waals surface area contributed by atoms with Crippen molar-refractivity contribution in [1.82, 2.24) is 10.3 Å². The van der Waals surface area contributed by atoms with Gasteiger partial charge in [-0.15, -0.1) is 0 Å². The first kappa shape index (κ1) is 18.7. The minimum atomic E-state index is -0.329. The molecule has 0 aliphatic carbocycles. The smallest absolute Gasteiger partial charge is 0.311 e. The quantitative estimate of drug-likeness (QED) is 0.811. The summed E-state index contributed by atoms with van der Waals surface area (Å²) in [5, 5.41) is 3.97. The zero-order chi connectivity index (χ0) is 18.5. The van der Waals surface area contributed by atoms with Gasteiger partial charge >= 0.3 is 5.97 Å². The average Bonchev–Trinajstić information content (AvgIpc) is 2.65. The Balaban J connectivity index is 2.02. The summed E-state index contributed by atoms with van der Waals surface area (Å²) in [4.78, 5) is 16.2. The third kappa shape index (κ3) is 4.34. The Morgan fingerprint density at radius 2 is 2.08 bits per heavy atom. The average molecular weight is 375 g/mol. The van der Waals surface area contributed by atoms with Gasteiger partial charge in [0, 0.05) is 22.3 Å². The summed E-state index contributed by atoms with van der Waals surface area (Å²) < 4.78 is 11.2. The normalized spacial score (nSPS) is 14.9. The number of methoxy groups -OCH3 is 1. The van der Waals surface area contributed by atoms with Crippen LogP contribution in [0.15, 0.2) is 30.5 Å². The SMILES string of the molecule is COC(=O)Cc1ncccc1-c1cc(Cl)cc(C)c1OC1CCNCC1. The molecule has 0 bridgehead atoms. The molecule has 1 aliphatic rings. The lowest BCUT2D eigenvalue weighted by atomic mass is 9.98. The van der Waals surface area contributed by atoms with Gasteiger partial charge in [0.1, 0.15) is 11.9 Å². The highest BCUT2D eigenvalue weighted by atomic mass is 35.5. The number of aryl methyl sites for hydroxylation is 1. The van der Waals surface area contributed by atoms with Crippen LogP contribution in [-0.2, 0) is 16.0 Å². The lowest BCUT2D eigenvalue weighted by Gasteiger charge is -2.26. The number of nitrogens with one attached hydrogen (secondary N) is 1. The zero-order valence-corrected chi connectivity index (χ0v) is 15.8. The maximum atomic E-state index is 11.8. The first-order valence-electron chi connectivity index (χ1n) is 8.77. The van der Waals surface area contributed by atoms with Crippen molar-refractivity contribution >= 4 is 17.6 Å². The molecular weight excluding hydrogens is 352 g/mol. The number of carbonyl (C=O) groups is 1. The predicted molar refractivity (Wildman–Crippen MR) is 102 cm³/mol. The molecule has 0 atom stereocenters. The molecule has 5 nitrogen and oxygen atoms in total. The molecule has 0 radical (unpaired) electrons. The molecule has 26 heavy (non-hydrogen) atoms. The van der Waals surface area contributed by atoms with Gasteiger partial charge in [-0.2, -0.15) is 0 Å². The highest BCUT2D eigenvalue weighted by molar-refractivity contribution is 6.31. The molecule has 2 aromatic rings. The summed E-state index contributed by atoms with van der Waals surface area (Å²) in [7, 11) is 1.38. The standard InChI is InChI=1S/C20H23ClN2O3/c1-13-10-14(21)11-17(20(13)26-15-5-8-22-9-6-15)16-4-3-7-23-18(16)12-19(24)25-2/h3-4,7,10-11,15,22H,5-6,8-9,12H2,1-2H3. The molecule has 0 amide bonds. The first-order chi connectivity index (χ1) is 12.6. The Bertz CT molecular complexity index is 789. The van der Waals surface area contributed by atoms with E-state index in [4.69, 9.17) is 21.1 Å². The van der Waals surface area contributed by atoms with Gasteiger partial charge in [0.25, 0.3) is 0 Å². The molecule has 6 heteroatoms. The second kappa shape index (κ2) is 8.52. The van der Waals surface area contributed by atoms with Crippen LogP contribution in [0, 0.1) is 6.92 Å². The summed E-state index contributed by atoms with van der Waals surface area (Å²) in [6, 6.07) is 7.56. The summed E-state index contributed by atoms with van der Waals surface area (Å²) >= 11 is 6.32. The maximum Gasteiger partial charge on any atom is 0.311 e. The van der Waals surface area contributed by atoms with Gasteiger partial charge in [0.2, 0.25) is 0 Å². The number of aromatic nitrogens is 1. The number of carbonyl (C=O) groups excluding carboxylic acids is 1. The van der Waals surface area contributed by atoms with Crippen molar-refractivity contribution < 1.29 is 14.3 Å². The molecule has 0 spiro atoms. The lowest BCUT2D eigenvalue weighted by molar-refractivity contribution is -0.139. The van der Waals surface area contributed by atoms with Crippen LogP contribution in [-0.4, -0.2) is 37.3 Å². The minimum absolute atomic E-state index is 0.102. The number of hydrogen-bond donors (Lipinski definition) is 1. The van der Waals surface area contributed by atoms with Gasteiger partial charge in [-0.05, 0) is 56.6 Å². The van der Waals surface area contributed by atoms with E-state index in [0.717, 1.165) is 48.4 Å². The summed E-state index contributed by atoms with van der Waals surface area (Å²) in [5.74, 6) is 0.477. The topological polar surface area (TPSA) is 60.5 Å². The molecule has 1 aromatic heterocycles. The molecule has 0 unspecified atom stereocenters. The highest BCUT2D eigenvalue weighted by Gasteiger charge is 2.21. The third-order valence-electron chi connectivity index (χ3n) is 4.53. The van der Waals surface area contributed by atoms with E-state index in [0.29, 0.717) is 10.7 Å². The third-order valence-corrected chi connectivity index (χ3v) is 4.75. The number of rotatable bonds is 5. The fourth-order valence-electron chi connectivity index (χ4n) is 3.20. The van der Waals surface area contributed by atoms with E-state index >= 15 is 0 Å². The molecule has 138 valence electrons. The molecular formula is C20H23ClN2O3.